The minimum atomic E-state index is -3.07. The molecule has 3 rings (SSSR count). The Kier molecular flexibility index (Phi) is 6.90. The van der Waals surface area contributed by atoms with E-state index in [0.717, 1.165) is 18.7 Å². The monoisotopic (exact) mass is 446 g/mol. The van der Waals surface area contributed by atoms with Crippen LogP contribution in [0.4, 0.5) is 5.69 Å². The van der Waals surface area contributed by atoms with Gasteiger partial charge in [0.25, 0.3) is 0 Å². The maximum Gasteiger partial charge on any atom is 0.227 e. The van der Waals surface area contributed by atoms with Crippen LogP contribution in [0.25, 0.3) is 0 Å². The van der Waals surface area contributed by atoms with Crippen LogP contribution in [0.2, 0.25) is 0 Å². The lowest BCUT2D eigenvalue weighted by molar-refractivity contribution is -0.136. The second-order valence-electron chi connectivity index (χ2n) is 9.93. The molecule has 0 radical (unpaired) electrons. The zero-order valence-electron chi connectivity index (χ0n) is 19.9. The summed E-state index contributed by atoms with van der Waals surface area (Å²) in [5, 5.41) is 0. The summed E-state index contributed by atoms with van der Waals surface area (Å²) >= 11 is 0. The summed E-state index contributed by atoms with van der Waals surface area (Å²) < 4.78 is 24.4. The molecule has 1 amide bonds. The summed E-state index contributed by atoms with van der Waals surface area (Å²) in [7, 11) is -3.07. The van der Waals surface area contributed by atoms with Crippen molar-refractivity contribution in [3.8, 4) is 0 Å². The molecule has 1 aliphatic heterocycles. The number of hydrogen-bond donors (Lipinski definition) is 0. The van der Waals surface area contributed by atoms with Crippen LogP contribution in [0.15, 0.2) is 35.9 Å². The summed E-state index contributed by atoms with van der Waals surface area (Å²) in [5.41, 5.74) is 3.35. The van der Waals surface area contributed by atoms with Crippen molar-refractivity contribution in [3.05, 3.63) is 41.5 Å². The third kappa shape index (κ3) is 5.16. The van der Waals surface area contributed by atoms with Gasteiger partial charge in [0.1, 0.15) is 0 Å². The molecule has 1 aliphatic carbocycles. The SMILES string of the molecule is CCN(CC)c1ccc(CN(C(=O)C2C(C=C(C)C)C2(C)C)C2CCS(=O)(=O)C2)cc1. The number of amides is 1. The van der Waals surface area contributed by atoms with Crippen molar-refractivity contribution in [2.45, 2.75) is 60.5 Å². The molecule has 0 aromatic heterocycles. The number of nitrogens with zero attached hydrogens (tertiary/aromatic N) is 2. The molecule has 1 aromatic carbocycles. The molecule has 1 saturated heterocycles. The van der Waals surface area contributed by atoms with Crippen LogP contribution >= 0.6 is 0 Å². The van der Waals surface area contributed by atoms with Gasteiger partial charge in [0.15, 0.2) is 9.84 Å². The van der Waals surface area contributed by atoms with Gasteiger partial charge in [-0.3, -0.25) is 4.79 Å². The lowest BCUT2D eigenvalue weighted by Gasteiger charge is -2.29. The summed E-state index contributed by atoms with van der Waals surface area (Å²) in [5.74, 6) is 0.489. The molecular weight excluding hydrogens is 408 g/mol. The van der Waals surface area contributed by atoms with E-state index < -0.39 is 9.84 Å². The van der Waals surface area contributed by atoms with E-state index in [1.54, 1.807) is 0 Å². The highest BCUT2D eigenvalue weighted by Crippen LogP contribution is 2.60. The van der Waals surface area contributed by atoms with Crippen LogP contribution in [0.3, 0.4) is 0 Å². The third-order valence-electron chi connectivity index (χ3n) is 7.04. The average Bonchev–Trinajstić information content (AvgIpc) is 3.02. The lowest BCUT2D eigenvalue weighted by atomic mass is 10.1. The van der Waals surface area contributed by atoms with Gasteiger partial charge in [0, 0.05) is 31.4 Å². The van der Waals surface area contributed by atoms with Crippen LogP contribution in [0.5, 0.6) is 0 Å². The van der Waals surface area contributed by atoms with Gasteiger partial charge in [-0.25, -0.2) is 8.42 Å². The molecule has 3 atom stereocenters. The molecule has 172 valence electrons. The first-order valence-electron chi connectivity index (χ1n) is 11.5. The Balaban J connectivity index is 1.84. The number of allylic oxidation sites excluding steroid dienone is 2. The van der Waals surface area contributed by atoms with E-state index in [2.05, 4.69) is 76.8 Å². The molecule has 5 nitrogen and oxygen atoms in total. The van der Waals surface area contributed by atoms with Crippen molar-refractivity contribution in [1.29, 1.82) is 0 Å². The average molecular weight is 447 g/mol. The van der Waals surface area contributed by atoms with Gasteiger partial charge in [-0.15, -0.1) is 0 Å². The first kappa shape index (κ1) is 23.8. The quantitative estimate of drug-likeness (QED) is 0.559. The smallest absolute Gasteiger partial charge is 0.227 e. The first-order chi connectivity index (χ1) is 14.5. The highest BCUT2D eigenvalue weighted by atomic mass is 32.2. The van der Waals surface area contributed by atoms with Crippen molar-refractivity contribution in [2.24, 2.45) is 17.3 Å². The van der Waals surface area contributed by atoms with Gasteiger partial charge in [-0.1, -0.05) is 37.6 Å². The fourth-order valence-corrected chi connectivity index (χ4v) is 6.73. The summed E-state index contributed by atoms with van der Waals surface area (Å²) in [4.78, 5) is 17.8. The van der Waals surface area contributed by atoms with Crippen LogP contribution in [-0.2, 0) is 21.2 Å². The van der Waals surface area contributed by atoms with E-state index in [1.807, 2.05) is 4.90 Å². The highest BCUT2D eigenvalue weighted by Gasteiger charge is 2.61. The summed E-state index contributed by atoms with van der Waals surface area (Å²) in [6, 6.07) is 8.11. The Hall–Kier alpha value is -1.82. The van der Waals surface area contributed by atoms with E-state index >= 15 is 0 Å². The number of rotatable bonds is 8. The molecular formula is C25H38N2O3S. The number of anilines is 1. The zero-order valence-corrected chi connectivity index (χ0v) is 20.7. The van der Waals surface area contributed by atoms with Gasteiger partial charge < -0.3 is 9.80 Å². The highest BCUT2D eigenvalue weighted by molar-refractivity contribution is 7.91. The Morgan fingerprint density at radius 1 is 1.13 bits per heavy atom. The van der Waals surface area contributed by atoms with E-state index in [-0.39, 0.29) is 40.7 Å². The van der Waals surface area contributed by atoms with E-state index in [4.69, 9.17) is 0 Å². The molecule has 2 fully saturated rings. The fraction of sp³-hybridized carbons (Fsp3) is 0.640. The Morgan fingerprint density at radius 2 is 1.74 bits per heavy atom. The number of benzene rings is 1. The molecule has 0 spiro atoms. The van der Waals surface area contributed by atoms with Gasteiger partial charge in [0.05, 0.1) is 17.4 Å². The summed E-state index contributed by atoms with van der Waals surface area (Å²) in [6.45, 7) is 15.0. The van der Waals surface area contributed by atoms with Gasteiger partial charge in [-0.05, 0) is 63.1 Å². The lowest BCUT2D eigenvalue weighted by Crippen LogP contribution is -2.42. The molecule has 31 heavy (non-hydrogen) atoms. The van der Waals surface area contributed by atoms with E-state index in [0.29, 0.717) is 13.0 Å². The van der Waals surface area contributed by atoms with Crippen molar-refractivity contribution < 1.29 is 13.2 Å². The Bertz CT molecular complexity index is 926. The minimum absolute atomic E-state index is 0.0801. The molecule has 1 aromatic rings. The maximum atomic E-state index is 13.7. The van der Waals surface area contributed by atoms with Crippen LogP contribution in [-0.4, -0.2) is 49.9 Å². The second kappa shape index (κ2) is 8.97. The topological polar surface area (TPSA) is 57.7 Å². The number of carbonyl (C=O) groups is 1. The maximum absolute atomic E-state index is 13.7. The normalized spacial score (nSPS) is 25.7. The summed E-state index contributed by atoms with van der Waals surface area (Å²) in [6.07, 6.45) is 2.73. The van der Waals surface area contributed by atoms with Crippen LogP contribution in [0, 0.1) is 17.3 Å². The molecule has 0 N–H and O–H groups in total. The number of sulfone groups is 1. The van der Waals surface area contributed by atoms with Crippen molar-refractivity contribution >= 4 is 21.4 Å². The van der Waals surface area contributed by atoms with E-state index in [1.165, 1.54) is 11.3 Å². The minimum Gasteiger partial charge on any atom is -0.372 e. The zero-order chi connectivity index (χ0) is 23.0. The van der Waals surface area contributed by atoms with Gasteiger partial charge >= 0.3 is 0 Å². The molecule has 1 heterocycles. The molecule has 3 unspecified atom stereocenters. The van der Waals surface area contributed by atoms with Crippen molar-refractivity contribution in [2.75, 3.05) is 29.5 Å². The Labute approximate surface area is 188 Å². The molecule has 2 aliphatic rings. The predicted molar refractivity (Wildman–Crippen MR) is 128 cm³/mol. The van der Waals surface area contributed by atoms with Gasteiger partial charge in [0.2, 0.25) is 5.91 Å². The Morgan fingerprint density at radius 3 is 2.23 bits per heavy atom. The predicted octanol–water partition coefficient (Wildman–Crippen LogP) is 4.29. The van der Waals surface area contributed by atoms with Crippen LogP contribution in [0.1, 0.15) is 53.5 Å². The number of carbonyl (C=O) groups excluding carboxylic acids is 1. The van der Waals surface area contributed by atoms with Gasteiger partial charge in [-0.2, -0.15) is 0 Å². The standard InChI is InChI=1S/C25H38N2O3S/c1-7-26(8-2)20-11-9-19(10-12-20)16-27(21-13-14-31(29,30)17-21)24(28)23-22(15-18(3)4)25(23,5)6/h9-12,15,21-23H,7-8,13-14,16-17H2,1-6H3. The van der Waals surface area contributed by atoms with E-state index in [9.17, 15) is 13.2 Å². The third-order valence-corrected chi connectivity index (χ3v) is 8.79. The number of hydrogen-bond acceptors (Lipinski definition) is 4. The largest absolute Gasteiger partial charge is 0.372 e. The second-order valence-corrected chi connectivity index (χ2v) is 12.2. The van der Waals surface area contributed by atoms with Crippen LogP contribution < -0.4 is 4.90 Å². The fourth-order valence-electron chi connectivity index (χ4n) is 5.00. The van der Waals surface area contributed by atoms with Crippen molar-refractivity contribution in [1.82, 2.24) is 4.90 Å². The van der Waals surface area contributed by atoms with Crippen molar-refractivity contribution in [3.63, 3.8) is 0 Å². The molecule has 0 bridgehead atoms. The molecule has 6 heteroatoms. The molecule has 1 saturated carbocycles. The first-order valence-corrected chi connectivity index (χ1v) is 13.3.